The Morgan fingerprint density at radius 2 is 1.80 bits per heavy atom. The fraction of sp³-hybridized carbons (Fsp3) is 0.0714. The third-order valence-corrected chi connectivity index (χ3v) is 2.00. The van der Waals surface area contributed by atoms with Gasteiger partial charge in [0.15, 0.2) is 0 Å². The molecule has 1 nitrogen and oxygen atoms in total. The van der Waals surface area contributed by atoms with Gasteiger partial charge < -0.3 is 4.99 Å². The van der Waals surface area contributed by atoms with Crippen molar-refractivity contribution in [1.29, 1.82) is 0 Å². The van der Waals surface area contributed by atoms with Crippen molar-refractivity contribution >= 4 is 6.21 Å². The normalized spacial score (nSPS) is 10.7. The van der Waals surface area contributed by atoms with Crippen LogP contribution in [0.4, 0.5) is 0 Å². The number of hydrogen-bond donors (Lipinski definition) is 0. The molecule has 0 fully saturated rings. The Balaban J connectivity index is 1.97. The second-order valence-corrected chi connectivity index (χ2v) is 3.18. The van der Waals surface area contributed by atoms with Gasteiger partial charge in [-0.2, -0.15) is 30.3 Å². The number of benzene rings is 2. The topological polar surface area (TPSA) is 12.4 Å². The highest BCUT2D eigenvalue weighted by molar-refractivity contribution is 5.78. The molecule has 0 N–H and O–H groups in total. The second-order valence-electron chi connectivity index (χ2n) is 3.18. The first kappa shape index (κ1) is 9.66. The maximum absolute atomic E-state index is 4.32. The van der Waals surface area contributed by atoms with E-state index in [1.54, 1.807) is 0 Å². The van der Waals surface area contributed by atoms with Crippen LogP contribution in [-0.2, 0) is 6.54 Å². The van der Waals surface area contributed by atoms with Crippen molar-refractivity contribution in [3.05, 3.63) is 71.8 Å². The average Bonchev–Trinajstić information content (AvgIpc) is 2.32. The SMILES string of the molecule is [c-]1ccccc1C=NCc1[c-]cccc1. The molecule has 2 rings (SSSR count). The minimum atomic E-state index is 0.670. The first-order valence-electron chi connectivity index (χ1n) is 4.87. The van der Waals surface area contributed by atoms with Gasteiger partial charge in [0.1, 0.15) is 0 Å². The predicted molar refractivity (Wildman–Crippen MR) is 61.9 cm³/mol. The van der Waals surface area contributed by atoms with Crippen LogP contribution < -0.4 is 0 Å². The molecule has 0 aliphatic heterocycles. The van der Waals surface area contributed by atoms with E-state index >= 15 is 0 Å². The molecule has 0 aliphatic carbocycles. The second kappa shape index (κ2) is 5.11. The molecule has 0 saturated carbocycles. The van der Waals surface area contributed by atoms with Crippen LogP contribution in [0.5, 0.6) is 0 Å². The van der Waals surface area contributed by atoms with Gasteiger partial charge in [-0.25, -0.2) is 0 Å². The molecule has 0 aromatic heterocycles. The summed E-state index contributed by atoms with van der Waals surface area (Å²) in [6.07, 6.45) is 1.83. The molecule has 2 aromatic rings. The van der Waals surface area contributed by atoms with E-state index in [9.17, 15) is 0 Å². The van der Waals surface area contributed by atoms with Gasteiger partial charge in [-0.3, -0.25) is 0 Å². The summed E-state index contributed by atoms with van der Waals surface area (Å²) in [5.74, 6) is 0. The van der Waals surface area contributed by atoms with E-state index in [-0.39, 0.29) is 0 Å². The lowest BCUT2D eigenvalue weighted by atomic mass is 10.2. The predicted octanol–water partition coefficient (Wildman–Crippen LogP) is 2.91. The molecule has 0 amide bonds. The highest BCUT2D eigenvalue weighted by atomic mass is 14.7. The summed E-state index contributed by atoms with van der Waals surface area (Å²) in [5, 5.41) is 0. The summed E-state index contributed by atoms with van der Waals surface area (Å²) in [4.78, 5) is 4.32. The molecule has 0 saturated heterocycles. The van der Waals surface area contributed by atoms with Gasteiger partial charge in [0, 0.05) is 6.54 Å². The van der Waals surface area contributed by atoms with Crippen molar-refractivity contribution in [3.8, 4) is 0 Å². The molecular formula is C14H11N-2. The van der Waals surface area contributed by atoms with E-state index in [0.717, 1.165) is 11.1 Å². The number of aliphatic imine (C=N–C) groups is 1. The van der Waals surface area contributed by atoms with E-state index in [1.165, 1.54) is 0 Å². The van der Waals surface area contributed by atoms with Gasteiger partial charge >= 0.3 is 0 Å². The molecule has 74 valence electrons. The van der Waals surface area contributed by atoms with Crippen molar-refractivity contribution in [3.63, 3.8) is 0 Å². The summed E-state index contributed by atoms with van der Waals surface area (Å²) in [7, 11) is 0. The Kier molecular flexibility index (Phi) is 3.29. The minimum absolute atomic E-state index is 0.670. The van der Waals surface area contributed by atoms with E-state index < -0.39 is 0 Å². The van der Waals surface area contributed by atoms with Crippen molar-refractivity contribution in [2.45, 2.75) is 6.54 Å². The summed E-state index contributed by atoms with van der Waals surface area (Å²) < 4.78 is 0. The molecule has 0 atom stereocenters. The maximum Gasteiger partial charge on any atom is 0.0308 e. The lowest BCUT2D eigenvalue weighted by Crippen LogP contribution is -1.83. The Hall–Kier alpha value is -1.89. The van der Waals surface area contributed by atoms with E-state index in [1.807, 2.05) is 54.7 Å². The standard InChI is InChI=1S/C14H11N/c1-3-7-13(8-4-1)11-15-12-14-9-5-2-6-10-14/h1-7,9,11H,12H2/q-2. The van der Waals surface area contributed by atoms with Crippen LogP contribution in [0.15, 0.2) is 53.5 Å². The van der Waals surface area contributed by atoms with E-state index in [4.69, 9.17) is 0 Å². The van der Waals surface area contributed by atoms with Crippen molar-refractivity contribution in [2.75, 3.05) is 0 Å². The average molecular weight is 193 g/mol. The van der Waals surface area contributed by atoms with Crippen molar-refractivity contribution in [2.24, 2.45) is 4.99 Å². The molecular weight excluding hydrogens is 182 g/mol. The minimum Gasteiger partial charge on any atom is -0.338 e. The zero-order valence-electron chi connectivity index (χ0n) is 8.35. The third-order valence-electron chi connectivity index (χ3n) is 2.00. The Labute approximate surface area is 90.1 Å². The number of hydrogen-bond acceptors (Lipinski definition) is 1. The summed E-state index contributed by atoms with van der Waals surface area (Å²) in [6.45, 7) is 0.670. The summed E-state index contributed by atoms with van der Waals surface area (Å²) in [6, 6.07) is 21.9. The summed E-state index contributed by atoms with van der Waals surface area (Å²) in [5.41, 5.74) is 2.11. The molecule has 0 bridgehead atoms. The quantitative estimate of drug-likeness (QED) is 0.525. The molecule has 0 spiro atoms. The fourth-order valence-electron chi connectivity index (χ4n) is 1.26. The molecule has 0 unspecified atom stereocenters. The number of rotatable bonds is 3. The highest BCUT2D eigenvalue weighted by Gasteiger charge is 1.78. The fourth-order valence-corrected chi connectivity index (χ4v) is 1.26. The zero-order chi connectivity index (χ0) is 10.3. The van der Waals surface area contributed by atoms with Crippen LogP contribution in [0, 0.1) is 12.1 Å². The van der Waals surface area contributed by atoms with Crippen LogP contribution >= 0.6 is 0 Å². The van der Waals surface area contributed by atoms with Crippen molar-refractivity contribution < 1.29 is 0 Å². The molecule has 0 heterocycles. The first-order valence-corrected chi connectivity index (χ1v) is 4.87. The van der Waals surface area contributed by atoms with Gasteiger partial charge in [-0.15, -0.1) is 41.5 Å². The lowest BCUT2D eigenvalue weighted by molar-refractivity contribution is 1.07. The third kappa shape index (κ3) is 3.06. The van der Waals surface area contributed by atoms with Gasteiger partial charge in [0.05, 0.1) is 0 Å². The first-order chi connectivity index (χ1) is 7.45. The van der Waals surface area contributed by atoms with Gasteiger partial charge in [0.25, 0.3) is 0 Å². The summed E-state index contributed by atoms with van der Waals surface area (Å²) >= 11 is 0. The Bertz CT molecular complexity index is 418. The zero-order valence-corrected chi connectivity index (χ0v) is 8.35. The van der Waals surface area contributed by atoms with Gasteiger partial charge in [-0.05, 0) is 0 Å². The maximum atomic E-state index is 4.32. The molecule has 15 heavy (non-hydrogen) atoms. The van der Waals surface area contributed by atoms with Crippen molar-refractivity contribution in [1.82, 2.24) is 0 Å². The monoisotopic (exact) mass is 193 g/mol. The Morgan fingerprint density at radius 1 is 1.00 bits per heavy atom. The van der Waals surface area contributed by atoms with Crippen LogP contribution in [0.1, 0.15) is 11.1 Å². The lowest BCUT2D eigenvalue weighted by Gasteiger charge is -2.03. The molecule has 1 heteroatoms. The smallest absolute Gasteiger partial charge is 0.0308 e. The van der Waals surface area contributed by atoms with Crippen LogP contribution in [0.3, 0.4) is 0 Å². The van der Waals surface area contributed by atoms with E-state index in [2.05, 4.69) is 17.1 Å². The van der Waals surface area contributed by atoms with Crippen LogP contribution in [0.25, 0.3) is 0 Å². The van der Waals surface area contributed by atoms with Gasteiger partial charge in [0.2, 0.25) is 0 Å². The van der Waals surface area contributed by atoms with E-state index in [0.29, 0.717) is 6.54 Å². The largest absolute Gasteiger partial charge is 0.338 e. The van der Waals surface area contributed by atoms with Crippen LogP contribution in [-0.4, -0.2) is 6.21 Å². The number of nitrogens with zero attached hydrogens (tertiary/aromatic N) is 1. The molecule has 0 aliphatic rings. The molecule has 0 radical (unpaired) electrons. The molecule has 2 aromatic carbocycles. The van der Waals surface area contributed by atoms with Gasteiger partial charge in [-0.1, -0.05) is 6.21 Å². The van der Waals surface area contributed by atoms with Crippen LogP contribution in [0.2, 0.25) is 0 Å². The highest BCUT2D eigenvalue weighted by Crippen LogP contribution is 2.00. The Morgan fingerprint density at radius 3 is 2.47 bits per heavy atom.